The Morgan fingerprint density at radius 1 is 1.43 bits per heavy atom. The number of nitrogens with one attached hydrogen (secondary N) is 1. The summed E-state index contributed by atoms with van der Waals surface area (Å²) >= 11 is 0. The van der Waals surface area contributed by atoms with Crippen molar-refractivity contribution in [3.63, 3.8) is 0 Å². The van der Waals surface area contributed by atoms with E-state index in [2.05, 4.69) is 28.1 Å². The average molecular weight is 293 g/mol. The normalized spacial score (nSPS) is 27.3. The van der Waals surface area contributed by atoms with Crippen LogP contribution in [0, 0.1) is 6.92 Å². The van der Waals surface area contributed by atoms with Crippen molar-refractivity contribution >= 4 is 0 Å². The number of nitrogens with zero attached hydrogens (tertiary/aromatic N) is 2. The third-order valence-electron chi connectivity index (χ3n) is 4.53. The number of rotatable bonds is 6. The molecule has 1 N–H and O–H groups in total. The van der Waals surface area contributed by atoms with Gasteiger partial charge in [0.2, 0.25) is 0 Å². The van der Waals surface area contributed by atoms with E-state index in [1.54, 1.807) is 0 Å². The van der Waals surface area contributed by atoms with Crippen LogP contribution in [0.15, 0.2) is 6.07 Å². The molecule has 1 aromatic rings. The zero-order valence-electron chi connectivity index (χ0n) is 13.0. The second-order valence-corrected chi connectivity index (χ2v) is 6.33. The average Bonchev–Trinajstić information content (AvgIpc) is 3.15. The number of aromatic amines is 1. The van der Waals surface area contributed by atoms with Gasteiger partial charge in [0, 0.05) is 31.3 Å². The Bertz CT molecular complexity index is 429. The van der Waals surface area contributed by atoms with Crippen molar-refractivity contribution in [3.8, 4) is 0 Å². The molecule has 0 bridgehead atoms. The van der Waals surface area contributed by atoms with Crippen molar-refractivity contribution in [3.05, 3.63) is 17.5 Å². The van der Waals surface area contributed by atoms with Gasteiger partial charge >= 0.3 is 0 Å². The van der Waals surface area contributed by atoms with Gasteiger partial charge in [-0.25, -0.2) is 0 Å². The smallest absolute Gasteiger partial charge is 0.0809 e. The lowest BCUT2D eigenvalue weighted by Gasteiger charge is -2.31. The molecule has 2 saturated heterocycles. The molecule has 0 amide bonds. The maximum atomic E-state index is 5.78. The van der Waals surface area contributed by atoms with Crippen LogP contribution in [-0.2, 0) is 9.47 Å². The van der Waals surface area contributed by atoms with Crippen molar-refractivity contribution in [1.29, 1.82) is 0 Å². The fourth-order valence-corrected chi connectivity index (χ4v) is 3.33. The van der Waals surface area contributed by atoms with Gasteiger partial charge in [-0.2, -0.15) is 5.10 Å². The lowest BCUT2D eigenvalue weighted by Crippen LogP contribution is -2.37. The Hall–Kier alpha value is -0.910. The number of piperidine rings is 1. The van der Waals surface area contributed by atoms with Crippen LogP contribution in [0.4, 0.5) is 0 Å². The van der Waals surface area contributed by atoms with Crippen molar-refractivity contribution < 1.29 is 9.47 Å². The van der Waals surface area contributed by atoms with E-state index in [0.29, 0.717) is 12.0 Å². The van der Waals surface area contributed by atoms with Gasteiger partial charge in [-0.05, 0) is 45.2 Å². The summed E-state index contributed by atoms with van der Waals surface area (Å²) in [6.45, 7) is 7.85. The van der Waals surface area contributed by atoms with Gasteiger partial charge in [0.25, 0.3) is 0 Å². The van der Waals surface area contributed by atoms with E-state index in [4.69, 9.17) is 9.47 Å². The van der Waals surface area contributed by atoms with E-state index in [1.165, 1.54) is 31.5 Å². The summed E-state index contributed by atoms with van der Waals surface area (Å²) in [5.41, 5.74) is 2.37. The Kier molecular flexibility index (Phi) is 5.27. The molecule has 3 rings (SSSR count). The van der Waals surface area contributed by atoms with Crippen molar-refractivity contribution in [2.24, 2.45) is 0 Å². The Balaban J connectivity index is 1.37. The monoisotopic (exact) mass is 293 g/mol. The molecule has 2 atom stereocenters. The van der Waals surface area contributed by atoms with Gasteiger partial charge in [0.1, 0.15) is 0 Å². The molecular weight excluding hydrogens is 266 g/mol. The third-order valence-corrected chi connectivity index (χ3v) is 4.53. The highest BCUT2D eigenvalue weighted by Gasteiger charge is 2.23. The minimum Gasteiger partial charge on any atom is -0.377 e. The van der Waals surface area contributed by atoms with E-state index < -0.39 is 0 Å². The van der Waals surface area contributed by atoms with Crippen LogP contribution < -0.4 is 0 Å². The molecule has 118 valence electrons. The van der Waals surface area contributed by atoms with Crippen LogP contribution in [0.25, 0.3) is 0 Å². The zero-order chi connectivity index (χ0) is 14.5. The molecule has 0 spiro atoms. The lowest BCUT2D eigenvalue weighted by molar-refractivity contribution is 0.00849. The topological polar surface area (TPSA) is 50.4 Å². The molecule has 2 fully saturated rings. The van der Waals surface area contributed by atoms with E-state index >= 15 is 0 Å². The maximum absolute atomic E-state index is 5.78. The molecule has 5 heteroatoms. The highest BCUT2D eigenvalue weighted by Crippen LogP contribution is 2.25. The van der Waals surface area contributed by atoms with Crippen LogP contribution in [0.1, 0.15) is 43.0 Å². The Morgan fingerprint density at radius 2 is 2.38 bits per heavy atom. The first-order valence-electron chi connectivity index (χ1n) is 8.25. The minimum atomic E-state index is 0.339. The molecule has 0 saturated carbocycles. The summed E-state index contributed by atoms with van der Waals surface area (Å²) in [6.07, 6.45) is 5.18. The Morgan fingerprint density at radius 3 is 3.14 bits per heavy atom. The molecule has 0 radical (unpaired) electrons. The molecule has 5 nitrogen and oxygen atoms in total. The van der Waals surface area contributed by atoms with E-state index in [0.717, 1.165) is 45.0 Å². The molecule has 0 aliphatic carbocycles. The highest BCUT2D eigenvalue weighted by atomic mass is 16.5. The quantitative estimate of drug-likeness (QED) is 0.816. The van der Waals surface area contributed by atoms with Gasteiger partial charge in [0.05, 0.1) is 25.0 Å². The first kappa shape index (κ1) is 15.0. The molecule has 2 aliphatic rings. The molecular formula is C16H27N3O2. The summed E-state index contributed by atoms with van der Waals surface area (Å²) in [7, 11) is 0. The standard InChI is InChI=1S/C16H27N3O2/c1-13-10-16(18-17-13)14-4-2-6-19(11-14)7-9-20-12-15-5-3-8-21-15/h10,14-15H,2-9,11-12H2,1H3,(H,17,18). The van der Waals surface area contributed by atoms with E-state index in [-0.39, 0.29) is 0 Å². The summed E-state index contributed by atoms with van der Waals surface area (Å²) in [5, 5.41) is 7.48. The number of ether oxygens (including phenoxy) is 2. The number of likely N-dealkylation sites (tertiary alicyclic amines) is 1. The summed E-state index contributed by atoms with van der Waals surface area (Å²) in [5.74, 6) is 0.571. The Labute approximate surface area is 127 Å². The van der Waals surface area contributed by atoms with Crippen LogP contribution in [0.3, 0.4) is 0 Å². The largest absolute Gasteiger partial charge is 0.377 e. The third kappa shape index (κ3) is 4.28. The van der Waals surface area contributed by atoms with Crippen molar-refractivity contribution in [1.82, 2.24) is 15.1 Å². The molecule has 2 aliphatic heterocycles. The highest BCUT2D eigenvalue weighted by molar-refractivity contribution is 5.13. The summed E-state index contributed by atoms with van der Waals surface area (Å²) in [6, 6.07) is 2.18. The fraction of sp³-hybridized carbons (Fsp3) is 0.812. The van der Waals surface area contributed by atoms with E-state index in [9.17, 15) is 0 Å². The fourth-order valence-electron chi connectivity index (χ4n) is 3.33. The van der Waals surface area contributed by atoms with Gasteiger partial charge in [-0.3, -0.25) is 5.10 Å². The second-order valence-electron chi connectivity index (χ2n) is 6.33. The maximum Gasteiger partial charge on any atom is 0.0809 e. The first-order valence-corrected chi connectivity index (χ1v) is 8.25. The number of aryl methyl sites for hydroxylation is 1. The van der Waals surface area contributed by atoms with Crippen molar-refractivity contribution in [2.45, 2.75) is 44.6 Å². The lowest BCUT2D eigenvalue weighted by atomic mass is 9.95. The number of aromatic nitrogens is 2. The SMILES string of the molecule is Cc1cc(C2CCCN(CCOCC3CCCO3)C2)n[nH]1. The summed E-state index contributed by atoms with van der Waals surface area (Å²) in [4.78, 5) is 2.51. The van der Waals surface area contributed by atoms with Crippen LogP contribution in [0.5, 0.6) is 0 Å². The predicted molar refractivity (Wildman–Crippen MR) is 81.5 cm³/mol. The number of hydrogen-bond acceptors (Lipinski definition) is 4. The van der Waals surface area contributed by atoms with Crippen LogP contribution in [-0.4, -0.2) is 60.7 Å². The van der Waals surface area contributed by atoms with E-state index in [1.807, 2.05) is 0 Å². The predicted octanol–water partition coefficient (Wildman–Crippen LogP) is 2.09. The molecule has 1 aromatic heterocycles. The number of hydrogen-bond donors (Lipinski definition) is 1. The molecule has 0 aromatic carbocycles. The van der Waals surface area contributed by atoms with Crippen molar-refractivity contribution in [2.75, 3.05) is 39.5 Å². The van der Waals surface area contributed by atoms with Gasteiger partial charge in [-0.15, -0.1) is 0 Å². The van der Waals surface area contributed by atoms with Crippen LogP contribution >= 0.6 is 0 Å². The minimum absolute atomic E-state index is 0.339. The van der Waals surface area contributed by atoms with Crippen LogP contribution in [0.2, 0.25) is 0 Å². The van der Waals surface area contributed by atoms with Gasteiger partial charge in [0.15, 0.2) is 0 Å². The molecule has 2 unspecified atom stereocenters. The number of H-pyrrole nitrogens is 1. The second kappa shape index (κ2) is 7.38. The zero-order valence-corrected chi connectivity index (χ0v) is 13.0. The van der Waals surface area contributed by atoms with Gasteiger partial charge < -0.3 is 14.4 Å². The van der Waals surface area contributed by atoms with Gasteiger partial charge in [-0.1, -0.05) is 0 Å². The molecule has 3 heterocycles. The first-order chi connectivity index (χ1) is 10.3. The molecule has 21 heavy (non-hydrogen) atoms. The summed E-state index contributed by atoms with van der Waals surface area (Å²) < 4.78 is 11.3.